The zero-order chi connectivity index (χ0) is 22.8. The molecule has 0 N–H and O–H groups in total. The van der Waals surface area contributed by atoms with Gasteiger partial charge in [0.25, 0.3) is 5.19 Å². The van der Waals surface area contributed by atoms with Crippen LogP contribution in [0.25, 0.3) is 11.4 Å². The summed E-state index contributed by atoms with van der Waals surface area (Å²) < 4.78 is 10.8. The van der Waals surface area contributed by atoms with Crippen molar-refractivity contribution in [2.24, 2.45) is 0 Å². The summed E-state index contributed by atoms with van der Waals surface area (Å²) in [5, 5.41) is 2.80. The highest BCUT2D eigenvalue weighted by atomic mass is 32.1. The molecular weight excluding hydrogens is 422 g/mol. The highest BCUT2D eigenvalue weighted by molar-refractivity contribution is 7.11. The molecule has 1 aromatic carbocycles. The van der Waals surface area contributed by atoms with Crippen LogP contribution in [0.3, 0.4) is 0 Å². The van der Waals surface area contributed by atoms with Gasteiger partial charge in [0.1, 0.15) is 5.75 Å². The first-order chi connectivity index (χ1) is 14.6. The summed E-state index contributed by atoms with van der Waals surface area (Å²) in [6, 6.07) is 4.39. The maximum atomic E-state index is 6.18. The van der Waals surface area contributed by atoms with Crippen LogP contribution >= 0.6 is 22.9 Å². The fraction of sp³-hybridized carbons (Fsp3) is 0.520. The van der Waals surface area contributed by atoms with Crippen LogP contribution < -0.4 is 4.74 Å². The lowest BCUT2D eigenvalue weighted by Gasteiger charge is -2.18. The summed E-state index contributed by atoms with van der Waals surface area (Å²) in [6.07, 6.45) is 2.03. The van der Waals surface area contributed by atoms with Crippen molar-refractivity contribution in [1.82, 2.24) is 14.3 Å². The predicted molar refractivity (Wildman–Crippen MR) is 134 cm³/mol. The SMILES string of the molecule is CCc1c(-c2nsc(Oc3cc(C)c(CCN(C)CC)cc3C)n2)csc1C(C)(C)C. The van der Waals surface area contributed by atoms with E-state index in [9.17, 15) is 0 Å². The van der Waals surface area contributed by atoms with E-state index in [2.05, 4.69) is 82.3 Å². The lowest BCUT2D eigenvalue weighted by atomic mass is 9.89. The van der Waals surface area contributed by atoms with Crippen LogP contribution in [-0.2, 0) is 18.3 Å². The fourth-order valence-corrected chi connectivity index (χ4v) is 5.49. The molecule has 0 unspecified atom stereocenters. The summed E-state index contributed by atoms with van der Waals surface area (Å²) >= 11 is 3.14. The second-order valence-corrected chi connectivity index (χ2v) is 10.8. The molecule has 0 atom stereocenters. The standard InChI is InChI=1S/C25H35N3OS2/c1-9-19-20(15-30-22(19)25(5,6)7)23-26-24(31-27-23)29-21-14-16(3)18(13-17(21)4)11-12-28(8)10-2/h13-15H,9-12H2,1-8H3. The van der Waals surface area contributed by atoms with Gasteiger partial charge in [-0.15, -0.1) is 11.3 Å². The minimum Gasteiger partial charge on any atom is -0.430 e. The van der Waals surface area contributed by atoms with Gasteiger partial charge in [0.15, 0.2) is 5.82 Å². The highest BCUT2D eigenvalue weighted by Crippen LogP contribution is 2.39. The number of hydrogen-bond donors (Lipinski definition) is 0. The molecule has 0 saturated heterocycles. The van der Waals surface area contributed by atoms with Gasteiger partial charge in [0.05, 0.1) is 0 Å². The first-order valence-electron chi connectivity index (χ1n) is 11.0. The Morgan fingerprint density at radius 3 is 2.48 bits per heavy atom. The number of likely N-dealkylation sites (N-methyl/N-ethyl adjacent to an activating group) is 1. The first kappa shape index (κ1) is 23.9. The molecule has 0 saturated carbocycles. The van der Waals surface area contributed by atoms with Gasteiger partial charge >= 0.3 is 0 Å². The van der Waals surface area contributed by atoms with Crippen molar-refractivity contribution in [3.63, 3.8) is 0 Å². The Labute approximate surface area is 195 Å². The zero-order valence-corrected chi connectivity index (χ0v) is 21.8. The molecule has 0 aliphatic carbocycles. The Morgan fingerprint density at radius 1 is 1.10 bits per heavy atom. The molecule has 0 spiro atoms. The molecule has 0 amide bonds. The zero-order valence-electron chi connectivity index (χ0n) is 20.1. The van der Waals surface area contributed by atoms with Crippen molar-refractivity contribution >= 4 is 22.9 Å². The Kier molecular flexibility index (Phi) is 7.55. The van der Waals surface area contributed by atoms with Crippen molar-refractivity contribution in [3.8, 4) is 22.3 Å². The molecule has 0 bridgehead atoms. The molecule has 0 aliphatic rings. The monoisotopic (exact) mass is 457 g/mol. The van der Waals surface area contributed by atoms with E-state index in [1.807, 2.05) is 11.3 Å². The van der Waals surface area contributed by atoms with Crippen molar-refractivity contribution in [3.05, 3.63) is 44.6 Å². The molecule has 0 aliphatic heterocycles. The van der Waals surface area contributed by atoms with Crippen LogP contribution in [0.1, 0.15) is 61.7 Å². The number of thiophene rings is 1. The van der Waals surface area contributed by atoms with E-state index < -0.39 is 0 Å². The lowest BCUT2D eigenvalue weighted by molar-refractivity contribution is 0.357. The molecule has 31 heavy (non-hydrogen) atoms. The fourth-order valence-electron chi connectivity index (χ4n) is 3.70. The second kappa shape index (κ2) is 9.80. The average molecular weight is 458 g/mol. The van der Waals surface area contributed by atoms with E-state index in [-0.39, 0.29) is 5.41 Å². The van der Waals surface area contributed by atoms with Crippen LogP contribution in [0.4, 0.5) is 0 Å². The third-order valence-electron chi connectivity index (χ3n) is 5.71. The molecule has 168 valence electrons. The quantitative estimate of drug-likeness (QED) is 0.364. The molecule has 0 fully saturated rings. The Morgan fingerprint density at radius 2 is 1.84 bits per heavy atom. The smallest absolute Gasteiger partial charge is 0.299 e. The summed E-state index contributed by atoms with van der Waals surface area (Å²) in [7, 11) is 2.16. The number of aryl methyl sites for hydroxylation is 2. The molecule has 3 rings (SSSR count). The summed E-state index contributed by atoms with van der Waals surface area (Å²) in [5.74, 6) is 1.64. The Balaban J connectivity index is 1.80. The van der Waals surface area contributed by atoms with Gasteiger partial charge in [-0.05, 0) is 74.0 Å². The second-order valence-electron chi connectivity index (χ2n) is 9.24. The largest absolute Gasteiger partial charge is 0.430 e. The van der Waals surface area contributed by atoms with E-state index in [1.54, 1.807) is 0 Å². The van der Waals surface area contributed by atoms with Gasteiger partial charge in [-0.1, -0.05) is 40.7 Å². The predicted octanol–water partition coefficient (Wildman–Crippen LogP) is 7.03. The molecule has 0 radical (unpaired) electrons. The van der Waals surface area contributed by atoms with Crippen LogP contribution in [0.15, 0.2) is 17.5 Å². The number of rotatable bonds is 8. The molecular formula is C25H35N3OS2. The van der Waals surface area contributed by atoms with Crippen LogP contribution in [0, 0.1) is 13.8 Å². The van der Waals surface area contributed by atoms with E-state index >= 15 is 0 Å². The maximum absolute atomic E-state index is 6.18. The van der Waals surface area contributed by atoms with Crippen molar-refractivity contribution < 1.29 is 4.74 Å². The van der Waals surface area contributed by atoms with Crippen molar-refractivity contribution in [2.75, 3.05) is 20.1 Å². The van der Waals surface area contributed by atoms with Gasteiger partial charge in [-0.2, -0.15) is 9.36 Å². The van der Waals surface area contributed by atoms with Crippen molar-refractivity contribution in [2.45, 2.75) is 66.7 Å². The van der Waals surface area contributed by atoms with E-state index in [0.29, 0.717) is 5.19 Å². The topological polar surface area (TPSA) is 38.2 Å². The van der Waals surface area contributed by atoms with Crippen LogP contribution in [0.2, 0.25) is 0 Å². The molecule has 3 aromatic rings. The average Bonchev–Trinajstić information content (AvgIpc) is 3.35. The van der Waals surface area contributed by atoms with Crippen LogP contribution in [-0.4, -0.2) is 34.4 Å². The third-order valence-corrected chi connectivity index (χ3v) is 7.75. The number of aromatic nitrogens is 2. The number of ether oxygens (including phenoxy) is 1. The number of hydrogen-bond acceptors (Lipinski definition) is 6. The maximum Gasteiger partial charge on any atom is 0.299 e. The molecule has 2 heterocycles. The lowest BCUT2D eigenvalue weighted by Crippen LogP contribution is -2.20. The number of benzene rings is 1. The van der Waals surface area contributed by atoms with Gasteiger partial charge in [0, 0.05) is 33.9 Å². The molecule has 6 heteroatoms. The minimum absolute atomic E-state index is 0.131. The van der Waals surface area contributed by atoms with E-state index in [0.717, 1.165) is 48.6 Å². The van der Waals surface area contributed by atoms with Gasteiger partial charge in [-0.25, -0.2) is 0 Å². The summed E-state index contributed by atoms with van der Waals surface area (Å²) in [6.45, 7) is 17.6. The molecule has 4 nitrogen and oxygen atoms in total. The minimum atomic E-state index is 0.131. The van der Waals surface area contributed by atoms with Gasteiger partial charge in [0.2, 0.25) is 0 Å². The summed E-state index contributed by atoms with van der Waals surface area (Å²) in [5.41, 5.74) is 6.41. The first-order valence-corrected chi connectivity index (χ1v) is 12.7. The normalized spacial score (nSPS) is 12.0. The van der Waals surface area contributed by atoms with Crippen LogP contribution in [0.5, 0.6) is 10.9 Å². The Hall–Kier alpha value is -1.76. The van der Waals surface area contributed by atoms with Crippen molar-refractivity contribution in [1.29, 1.82) is 0 Å². The Bertz CT molecular complexity index is 1030. The summed E-state index contributed by atoms with van der Waals surface area (Å²) in [4.78, 5) is 8.48. The van der Waals surface area contributed by atoms with Gasteiger partial charge < -0.3 is 9.64 Å². The highest BCUT2D eigenvalue weighted by Gasteiger charge is 2.24. The molecule has 2 aromatic heterocycles. The third kappa shape index (κ3) is 5.54. The van der Waals surface area contributed by atoms with Gasteiger partial charge in [-0.3, -0.25) is 0 Å². The van der Waals surface area contributed by atoms with E-state index in [1.165, 1.54) is 33.1 Å². The van der Waals surface area contributed by atoms with E-state index in [4.69, 9.17) is 9.72 Å². The number of nitrogens with zero attached hydrogens (tertiary/aromatic N) is 3.